The maximum atomic E-state index is 12.3. The number of rotatable bonds is 12. The van der Waals surface area contributed by atoms with Crippen LogP contribution >= 0.6 is 0 Å². The molecule has 0 bridgehead atoms. The first-order chi connectivity index (χ1) is 15.5. The summed E-state index contributed by atoms with van der Waals surface area (Å²) in [5.41, 5.74) is 0. The molecular weight excluding hydrogens is 440 g/mol. The van der Waals surface area contributed by atoms with Crippen LogP contribution < -0.4 is 31.9 Å². The van der Waals surface area contributed by atoms with Crippen LogP contribution in [0.1, 0.15) is 33.6 Å². The molecule has 0 spiro atoms. The van der Waals surface area contributed by atoms with Gasteiger partial charge in [-0.15, -0.1) is 0 Å². The highest BCUT2D eigenvalue weighted by molar-refractivity contribution is 5.95. The van der Waals surface area contributed by atoms with Crippen molar-refractivity contribution in [3.8, 4) is 0 Å². The maximum absolute atomic E-state index is 12.3. The number of carbonyl (C=O) groups excluding carboxylic acids is 5. The van der Waals surface area contributed by atoms with Gasteiger partial charge in [-0.3, -0.25) is 28.8 Å². The fraction of sp³-hybridized carbons (Fsp3) is 0.684. The van der Waals surface area contributed by atoms with Gasteiger partial charge in [0.1, 0.15) is 24.2 Å². The average Bonchev–Trinajstić information content (AvgIpc) is 3.30. The minimum Gasteiger partial charge on any atom is -0.480 e. The molecule has 1 aliphatic rings. The Hall–Kier alpha value is -3.26. The quantitative estimate of drug-likeness (QED) is 0.138. The van der Waals surface area contributed by atoms with Gasteiger partial charge in [0.05, 0.1) is 19.2 Å². The molecule has 1 saturated heterocycles. The molecule has 0 aromatic heterocycles. The maximum Gasteiger partial charge on any atom is 0.325 e. The second-order valence-electron chi connectivity index (χ2n) is 7.70. The van der Waals surface area contributed by atoms with E-state index in [1.165, 1.54) is 20.8 Å². The van der Waals surface area contributed by atoms with E-state index in [1.807, 2.05) is 0 Å². The van der Waals surface area contributed by atoms with Crippen LogP contribution in [0.15, 0.2) is 0 Å². The largest absolute Gasteiger partial charge is 0.480 e. The van der Waals surface area contributed by atoms with Crippen LogP contribution in [0.5, 0.6) is 0 Å². The highest BCUT2D eigenvalue weighted by Gasteiger charge is 2.27. The summed E-state index contributed by atoms with van der Waals surface area (Å²) in [6, 6.07) is -5.10. The molecule has 0 unspecified atom stereocenters. The average molecular weight is 472 g/mol. The molecule has 5 atom stereocenters. The van der Waals surface area contributed by atoms with Crippen molar-refractivity contribution >= 4 is 35.5 Å². The van der Waals surface area contributed by atoms with E-state index in [9.17, 15) is 33.9 Å². The Labute approximate surface area is 190 Å². The summed E-state index contributed by atoms with van der Waals surface area (Å²) in [6.07, 6.45) is 1.52. The van der Waals surface area contributed by atoms with E-state index in [0.717, 1.165) is 6.42 Å². The van der Waals surface area contributed by atoms with Crippen molar-refractivity contribution in [1.82, 2.24) is 31.9 Å². The number of hydrogen-bond donors (Lipinski definition) is 8. The lowest BCUT2D eigenvalue weighted by Gasteiger charge is -2.22. The van der Waals surface area contributed by atoms with Crippen molar-refractivity contribution in [2.24, 2.45) is 0 Å². The number of amides is 5. The lowest BCUT2D eigenvalue weighted by Crippen LogP contribution is -2.57. The highest BCUT2D eigenvalue weighted by Crippen LogP contribution is 2.04. The lowest BCUT2D eigenvalue weighted by atomic mass is 10.2. The Kier molecular flexibility index (Phi) is 11.2. The van der Waals surface area contributed by atoms with Gasteiger partial charge in [0, 0.05) is 0 Å². The molecule has 186 valence electrons. The van der Waals surface area contributed by atoms with Crippen LogP contribution in [0.2, 0.25) is 0 Å². The molecule has 0 aromatic carbocycles. The molecule has 14 heteroatoms. The molecule has 0 saturated carbocycles. The molecule has 0 aromatic rings. The number of carboxylic acids is 1. The van der Waals surface area contributed by atoms with E-state index < -0.39 is 66.9 Å². The normalized spacial score (nSPS) is 18.7. The van der Waals surface area contributed by atoms with E-state index in [0.29, 0.717) is 13.0 Å². The number of hydrogen-bond acceptors (Lipinski definition) is 8. The molecule has 1 aliphatic heterocycles. The minimum absolute atomic E-state index is 0.339. The summed E-state index contributed by atoms with van der Waals surface area (Å²) in [4.78, 5) is 71.1. The van der Waals surface area contributed by atoms with Gasteiger partial charge in [-0.05, 0) is 40.2 Å². The van der Waals surface area contributed by atoms with Gasteiger partial charge in [-0.1, -0.05) is 0 Å². The molecular formula is C19H32N6O8. The molecule has 8 N–H and O–H groups in total. The molecule has 0 radical (unpaired) electrons. The molecule has 14 nitrogen and oxygen atoms in total. The van der Waals surface area contributed by atoms with Crippen LogP contribution in [0, 0.1) is 0 Å². The monoisotopic (exact) mass is 472 g/mol. The number of carboxylic acid groups (broad SMARTS) is 1. The van der Waals surface area contributed by atoms with Crippen LogP contribution in [0.25, 0.3) is 0 Å². The lowest BCUT2D eigenvalue weighted by molar-refractivity contribution is -0.141. The van der Waals surface area contributed by atoms with Crippen molar-refractivity contribution in [1.29, 1.82) is 0 Å². The molecule has 33 heavy (non-hydrogen) atoms. The fourth-order valence-electron chi connectivity index (χ4n) is 2.82. The first-order valence-electron chi connectivity index (χ1n) is 10.5. The van der Waals surface area contributed by atoms with Gasteiger partial charge in [0.2, 0.25) is 29.5 Å². The van der Waals surface area contributed by atoms with E-state index >= 15 is 0 Å². The highest BCUT2D eigenvalue weighted by atomic mass is 16.4. The SMILES string of the molecule is C[C@H](NC(=O)[C@H](C)NC(=O)[C@H](C)NC(=O)[C@H](CO)NC(=O)CNC(=O)[C@@H]1CCCN1)C(=O)O. The Morgan fingerprint density at radius 3 is 1.91 bits per heavy atom. The Morgan fingerprint density at radius 2 is 1.42 bits per heavy atom. The molecule has 1 fully saturated rings. The van der Waals surface area contributed by atoms with Crippen LogP contribution in [0.3, 0.4) is 0 Å². The van der Waals surface area contributed by atoms with Crippen LogP contribution in [-0.4, -0.2) is 95.6 Å². The zero-order valence-corrected chi connectivity index (χ0v) is 18.8. The zero-order valence-electron chi connectivity index (χ0n) is 18.8. The number of carbonyl (C=O) groups is 6. The van der Waals surface area contributed by atoms with Gasteiger partial charge < -0.3 is 42.1 Å². The summed E-state index contributed by atoms with van der Waals surface area (Å²) < 4.78 is 0. The Morgan fingerprint density at radius 1 is 0.879 bits per heavy atom. The Bertz CT molecular complexity index is 755. The standard InChI is InChI=1S/C19H32N6O8/c1-9(16(29)24-11(3)19(32)33)22-15(28)10(2)23-18(31)13(8-26)25-14(27)7-21-17(30)12-5-4-6-20-12/h9-13,20,26H,4-8H2,1-3H3,(H,21,30)(H,22,28)(H,23,31)(H,24,29)(H,25,27)(H,32,33)/t9-,10-,11-,12-,13-/m0/s1. The predicted molar refractivity (Wildman–Crippen MR) is 114 cm³/mol. The number of aliphatic hydroxyl groups is 1. The molecule has 1 rings (SSSR count). The topological polar surface area (TPSA) is 215 Å². The summed E-state index contributed by atoms with van der Waals surface area (Å²) in [5, 5.41) is 32.7. The van der Waals surface area contributed by atoms with Crippen molar-refractivity contribution < 1.29 is 39.0 Å². The van der Waals surface area contributed by atoms with Crippen molar-refractivity contribution in [3.63, 3.8) is 0 Å². The first-order valence-corrected chi connectivity index (χ1v) is 10.5. The molecule has 0 aliphatic carbocycles. The third-order valence-electron chi connectivity index (χ3n) is 4.87. The van der Waals surface area contributed by atoms with E-state index in [-0.39, 0.29) is 11.9 Å². The molecule has 5 amide bonds. The summed E-state index contributed by atoms with van der Waals surface area (Å²) in [7, 11) is 0. The third kappa shape index (κ3) is 9.41. The van der Waals surface area contributed by atoms with E-state index in [1.54, 1.807) is 0 Å². The van der Waals surface area contributed by atoms with Gasteiger partial charge in [0.25, 0.3) is 0 Å². The smallest absolute Gasteiger partial charge is 0.325 e. The predicted octanol–water partition coefficient (Wildman–Crippen LogP) is -4.07. The minimum atomic E-state index is -1.37. The number of nitrogens with one attached hydrogen (secondary N) is 6. The van der Waals surface area contributed by atoms with Gasteiger partial charge in [0.15, 0.2) is 0 Å². The first kappa shape index (κ1) is 27.8. The fourth-order valence-corrected chi connectivity index (χ4v) is 2.82. The van der Waals surface area contributed by atoms with E-state index in [2.05, 4.69) is 31.9 Å². The summed E-state index contributed by atoms with van der Waals surface area (Å²) >= 11 is 0. The second-order valence-corrected chi connectivity index (χ2v) is 7.70. The van der Waals surface area contributed by atoms with Gasteiger partial charge >= 0.3 is 5.97 Å². The number of aliphatic hydroxyl groups excluding tert-OH is 1. The van der Waals surface area contributed by atoms with Crippen molar-refractivity contribution in [3.05, 3.63) is 0 Å². The number of aliphatic carboxylic acids is 1. The summed E-state index contributed by atoms with van der Waals surface area (Å²) in [5.74, 6) is -4.61. The van der Waals surface area contributed by atoms with E-state index in [4.69, 9.17) is 5.11 Å². The van der Waals surface area contributed by atoms with Crippen molar-refractivity contribution in [2.75, 3.05) is 19.7 Å². The Balaban J connectivity index is 2.47. The summed E-state index contributed by atoms with van der Waals surface area (Å²) in [6.45, 7) is 3.49. The third-order valence-corrected chi connectivity index (χ3v) is 4.87. The van der Waals surface area contributed by atoms with Crippen LogP contribution in [0.4, 0.5) is 0 Å². The van der Waals surface area contributed by atoms with Crippen LogP contribution in [-0.2, 0) is 28.8 Å². The second kappa shape index (κ2) is 13.3. The van der Waals surface area contributed by atoms with Gasteiger partial charge in [-0.25, -0.2) is 0 Å². The van der Waals surface area contributed by atoms with Crippen molar-refractivity contribution in [2.45, 2.75) is 63.8 Å². The molecule has 1 heterocycles. The zero-order chi connectivity index (χ0) is 25.1. The van der Waals surface area contributed by atoms with Gasteiger partial charge in [-0.2, -0.15) is 0 Å².